The summed E-state index contributed by atoms with van der Waals surface area (Å²) in [5.74, 6) is 0.766. The number of rotatable bonds is 2. The third-order valence-electron chi connectivity index (χ3n) is 2.20. The fourth-order valence-electron chi connectivity index (χ4n) is 1.39. The molecular formula is C9H13N5S. The van der Waals surface area contributed by atoms with Crippen LogP contribution in [0.15, 0.2) is 11.4 Å². The van der Waals surface area contributed by atoms with Gasteiger partial charge in [0, 0.05) is 5.56 Å². The molecule has 2 aromatic rings. The third kappa shape index (κ3) is 1.65. The Hall–Kier alpha value is -1.30. The molecule has 6 heteroatoms. The SMILES string of the molecule is CSc1nc(N)n2ncc(C(C)C)c2n1. The van der Waals surface area contributed by atoms with Crippen LogP contribution in [0.1, 0.15) is 25.3 Å². The first kappa shape index (κ1) is 10.2. The Balaban J connectivity index is 2.72. The molecule has 0 aliphatic rings. The largest absolute Gasteiger partial charge is 0.368 e. The van der Waals surface area contributed by atoms with Crippen molar-refractivity contribution in [3.05, 3.63) is 11.8 Å². The van der Waals surface area contributed by atoms with Crippen LogP contribution in [0.5, 0.6) is 0 Å². The summed E-state index contributed by atoms with van der Waals surface area (Å²) in [6, 6.07) is 0. The molecule has 2 N–H and O–H groups in total. The van der Waals surface area contributed by atoms with Crippen LogP contribution in [0.25, 0.3) is 5.65 Å². The van der Waals surface area contributed by atoms with E-state index in [9.17, 15) is 0 Å². The van der Waals surface area contributed by atoms with Gasteiger partial charge in [0.1, 0.15) is 0 Å². The van der Waals surface area contributed by atoms with Crippen molar-refractivity contribution in [2.45, 2.75) is 24.9 Å². The molecule has 0 unspecified atom stereocenters. The van der Waals surface area contributed by atoms with E-state index in [0.717, 1.165) is 11.2 Å². The molecule has 2 aromatic heterocycles. The highest BCUT2D eigenvalue weighted by Gasteiger charge is 2.12. The van der Waals surface area contributed by atoms with Gasteiger partial charge in [-0.05, 0) is 12.2 Å². The lowest BCUT2D eigenvalue weighted by atomic mass is 10.1. The summed E-state index contributed by atoms with van der Waals surface area (Å²) in [6.07, 6.45) is 3.73. The van der Waals surface area contributed by atoms with Crippen molar-refractivity contribution >= 4 is 23.4 Å². The number of anilines is 1. The van der Waals surface area contributed by atoms with Gasteiger partial charge in [-0.25, -0.2) is 4.98 Å². The molecule has 0 fully saturated rings. The molecule has 0 aromatic carbocycles. The Morgan fingerprint density at radius 2 is 2.13 bits per heavy atom. The Kier molecular flexibility index (Phi) is 2.52. The van der Waals surface area contributed by atoms with E-state index in [1.165, 1.54) is 11.8 Å². The summed E-state index contributed by atoms with van der Waals surface area (Å²) in [4.78, 5) is 8.53. The van der Waals surface area contributed by atoms with Gasteiger partial charge >= 0.3 is 0 Å². The zero-order valence-corrected chi connectivity index (χ0v) is 9.75. The average molecular weight is 223 g/mol. The minimum absolute atomic E-state index is 0.381. The topological polar surface area (TPSA) is 69.1 Å². The number of nitrogen functional groups attached to an aromatic ring is 1. The number of thioether (sulfide) groups is 1. The smallest absolute Gasteiger partial charge is 0.225 e. The van der Waals surface area contributed by atoms with Crippen LogP contribution in [0.3, 0.4) is 0 Å². The standard InChI is InChI=1S/C9H13N5S/c1-5(2)6-4-11-14-7(6)12-9(15-3)13-8(14)10/h4-5H,1-3H3,(H2,10,12,13). The highest BCUT2D eigenvalue weighted by molar-refractivity contribution is 7.98. The molecule has 15 heavy (non-hydrogen) atoms. The first-order valence-electron chi connectivity index (χ1n) is 4.68. The van der Waals surface area contributed by atoms with Gasteiger partial charge in [0.2, 0.25) is 5.95 Å². The van der Waals surface area contributed by atoms with Crippen molar-refractivity contribution in [3.63, 3.8) is 0 Å². The van der Waals surface area contributed by atoms with Crippen LogP contribution in [-0.4, -0.2) is 25.8 Å². The van der Waals surface area contributed by atoms with E-state index in [4.69, 9.17) is 5.73 Å². The monoisotopic (exact) mass is 223 g/mol. The van der Waals surface area contributed by atoms with Gasteiger partial charge in [0.05, 0.1) is 6.20 Å². The predicted molar refractivity (Wildman–Crippen MR) is 61.1 cm³/mol. The summed E-state index contributed by atoms with van der Waals surface area (Å²) in [6.45, 7) is 4.21. The first-order valence-corrected chi connectivity index (χ1v) is 5.91. The van der Waals surface area contributed by atoms with Gasteiger partial charge in [-0.1, -0.05) is 25.6 Å². The van der Waals surface area contributed by atoms with Crippen molar-refractivity contribution in [2.24, 2.45) is 0 Å². The minimum Gasteiger partial charge on any atom is -0.368 e. The maximum atomic E-state index is 5.78. The molecule has 0 aliphatic heterocycles. The van der Waals surface area contributed by atoms with Gasteiger partial charge in [-0.3, -0.25) is 0 Å². The van der Waals surface area contributed by atoms with Gasteiger partial charge < -0.3 is 5.73 Å². The van der Waals surface area contributed by atoms with E-state index in [2.05, 4.69) is 28.9 Å². The fraction of sp³-hybridized carbons (Fsp3) is 0.444. The van der Waals surface area contributed by atoms with Crippen LogP contribution in [0.4, 0.5) is 5.95 Å². The van der Waals surface area contributed by atoms with E-state index < -0.39 is 0 Å². The molecule has 0 amide bonds. The molecule has 0 saturated heterocycles. The third-order valence-corrected chi connectivity index (χ3v) is 2.75. The second-order valence-electron chi connectivity index (χ2n) is 3.56. The van der Waals surface area contributed by atoms with Crippen molar-refractivity contribution in [3.8, 4) is 0 Å². The van der Waals surface area contributed by atoms with E-state index in [-0.39, 0.29) is 0 Å². The van der Waals surface area contributed by atoms with E-state index >= 15 is 0 Å². The number of hydrogen-bond acceptors (Lipinski definition) is 5. The lowest BCUT2D eigenvalue weighted by Crippen LogP contribution is -2.05. The number of fused-ring (bicyclic) bond motifs is 1. The molecule has 5 nitrogen and oxygen atoms in total. The molecule has 80 valence electrons. The van der Waals surface area contributed by atoms with E-state index in [0.29, 0.717) is 17.0 Å². The molecule has 0 saturated carbocycles. The van der Waals surface area contributed by atoms with E-state index in [1.54, 1.807) is 10.7 Å². The number of nitrogens with two attached hydrogens (primary N) is 1. The van der Waals surface area contributed by atoms with Crippen molar-refractivity contribution in [1.82, 2.24) is 19.6 Å². The second kappa shape index (κ2) is 3.69. The molecule has 2 rings (SSSR count). The van der Waals surface area contributed by atoms with Crippen molar-refractivity contribution in [1.29, 1.82) is 0 Å². The summed E-state index contributed by atoms with van der Waals surface area (Å²) in [5, 5.41) is 4.86. The first-order chi connectivity index (χ1) is 7.13. The lowest BCUT2D eigenvalue weighted by molar-refractivity contribution is 0.840. The van der Waals surface area contributed by atoms with Gasteiger partial charge in [-0.2, -0.15) is 14.6 Å². The minimum atomic E-state index is 0.381. The maximum Gasteiger partial charge on any atom is 0.225 e. The van der Waals surface area contributed by atoms with Crippen LogP contribution in [-0.2, 0) is 0 Å². The quantitative estimate of drug-likeness (QED) is 0.782. The molecule has 0 radical (unpaired) electrons. The fourth-order valence-corrected chi connectivity index (χ4v) is 1.76. The normalized spacial score (nSPS) is 11.5. The average Bonchev–Trinajstić information content (AvgIpc) is 2.61. The molecule has 0 atom stereocenters. The molecule has 0 spiro atoms. The van der Waals surface area contributed by atoms with Crippen molar-refractivity contribution in [2.75, 3.05) is 12.0 Å². The number of nitrogens with zero attached hydrogens (tertiary/aromatic N) is 4. The van der Waals surface area contributed by atoms with E-state index in [1.807, 2.05) is 6.26 Å². The molecule has 2 heterocycles. The summed E-state index contributed by atoms with van der Waals surface area (Å²) >= 11 is 1.48. The predicted octanol–water partition coefficient (Wildman–Crippen LogP) is 1.55. The zero-order valence-electron chi connectivity index (χ0n) is 8.93. The lowest BCUT2D eigenvalue weighted by Gasteiger charge is -2.03. The Morgan fingerprint density at radius 3 is 2.73 bits per heavy atom. The van der Waals surface area contributed by atoms with Gasteiger partial charge in [0.15, 0.2) is 10.8 Å². The Morgan fingerprint density at radius 1 is 1.40 bits per heavy atom. The summed E-state index contributed by atoms with van der Waals surface area (Å²) in [7, 11) is 0. The van der Waals surface area contributed by atoms with Crippen LogP contribution >= 0.6 is 11.8 Å². The summed E-state index contributed by atoms with van der Waals surface area (Å²) < 4.78 is 1.58. The highest BCUT2D eigenvalue weighted by Crippen LogP contribution is 2.21. The Bertz CT molecular complexity index is 490. The maximum absolute atomic E-state index is 5.78. The zero-order chi connectivity index (χ0) is 11.0. The highest BCUT2D eigenvalue weighted by atomic mass is 32.2. The Labute approximate surface area is 92.1 Å². The van der Waals surface area contributed by atoms with Crippen molar-refractivity contribution < 1.29 is 0 Å². The molecule has 0 aliphatic carbocycles. The molecule has 0 bridgehead atoms. The number of hydrogen-bond donors (Lipinski definition) is 1. The summed E-state index contributed by atoms with van der Waals surface area (Å²) in [5.41, 5.74) is 7.69. The van der Waals surface area contributed by atoms with Gasteiger partial charge in [0.25, 0.3) is 0 Å². The number of aromatic nitrogens is 4. The second-order valence-corrected chi connectivity index (χ2v) is 4.33. The molecular weight excluding hydrogens is 210 g/mol. The van der Waals surface area contributed by atoms with Crippen LogP contribution in [0.2, 0.25) is 0 Å². The van der Waals surface area contributed by atoms with Gasteiger partial charge in [-0.15, -0.1) is 0 Å². The van der Waals surface area contributed by atoms with Crippen LogP contribution in [0, 0.1) is 0 Å². The van der Waals surface area contributed by atoms with Crippen LogP contribution < -0.4 is 5.73 Å².